The summed E-state index contributed by atoms with van der Waals surface area (Å²) in [5, 5.41) is 2.24. The number of alkyl halides is 3. The van der Waals surface area contributed by atoms with Gasteiger partial charge in [0.2, 0.25) is 5.91 Å². The molecule has 13 heavy (non-hydrogen) atoms. The van der Waals surface area contributed by atoms with Gasteiger partial charge in [0.25, 0.3) is 0 Å². The maximum absolute atomic E-state index is 12.3. The number of carbonyl (C=O) groups is 1. The van der Waals surface area contributed by atoms with Crippen molar-refractivity contribution in [2.24, 2.45) is 5.92 Å². The Hall–Kier alpha value is -0.740. The number of amides is 1. The van der Waals surface area contributed by atoms with E-state index in [1.807, 2.05) is 0 Å². The fraction of sp³-hybridized carbons (Fsp3) is 0.875. The summed E-state index contributed by atoms with van der Waals surface area (Å²) in [6.07, 6.45) is -4.26. The molecule has 0 heterocycles. The van der Waals surface area contributed by atoms with E-state index in [9.17, 15) is 18.0 Å². The van der Waals surface area contributed by atoms with E-state index >= 15 is 0 Å². The van der Waals surface area contributed by atoms with Crippen LogP contribution in [0, 0.1) is 5.92 Å². The van der Waals surface area contributed by atoms with E-state index in [-0.39, 0.29) is 6.42 Å². The van der Waals surface area contributed by atoms with Gasteiger partial charge >= 0.3 is 6.18 Å². The molecule has 5 heteroatoms. The lowest BCUT2D eigenvalue weighted by molar-refractivity contribution is -0.182. The standard InChI is InChI=1S/C8H14F3NO/c1-4-7(8(9,10)11)5(2)12-6(3)13/h5,7H,4H2,1-3H3,(H,12,13). The van der Waals surface area contributed by atoms with Crippen LogP contribution < -0.4 is 5.32 Å². The van der Waals surface area contributed by atoms with Gasteiger partial charge in [-0.3, -0.25) is 4.79 Å². The van der Waals surface area contributed by atoms with Crippen LogP contribution in [0.5, 0.6) is 0 Å². The molecule has 0 saturated heterocycles. The molecule has 1 amide bonds. The first-order chi connectivity index (χ1) is 5.79. The zero-order valence-electron chi connectivity index (χ0n) is 7.90. The number of hydrogen-bond donors (Lipinski definition) is 1. The molecule has 78 valence electrons. The normalized spacial score (nSPS) is 16.5. The minimum absolute atomic E-state index is 0.0229. The van der Waals surface area contributed by atoms with E-state index < -0.39 is 24.0 Å². The maximum Gasteiger partial charge on any atom is 0.393 e. The van der Waals surface area contributed by atoms with Crippen LogP contribution in [0.4, 0.5) is 13.2 Å². The predicted octanol–water partition coefficient (Wildman–Crippen LogP) is 2.10. The van der Waals surface area contributed by atoms with Crippen LogP contribution in [0.1, 0.15) is 27.2 Å². The van der Waals surface area contributed by atoms with Gasteiger partial charge < -0.3 is 5.32 Å². The molecule has 0 aliphatic rings. The third-order valence-corrected chi connectivity index (χ3v) is 1.89. The smallest absolute Gasteiger partial charge is 0.353 e. The summed E-state index contributed by atoms with van der Waals surface area (Å²) in [6.45, 7) is 4.03. The average Bonchev–Trinajstić information content (AvgIpc) is 1.82. The summed E-state index contributed by atoms with van der Waals surface area (Å²) in [6, 6.07) is -0.859. The SMILES string of the molecule is CCC(C(C)NC(C)=O)C(F)(F)F. The van der Waals surface area contributed by atoms with Crippen molar-refractivity contribution < 1.29 is 18.0 Å². The third kappa shape index (κ3) is 4.15. The van der Waals surface area contributed by atoms with Crippen molar-refractivity contribution in [3.05, 3.63) is 0 Å². The number of hydrogen-bond acceptors (Lipinski definition) is 1. The molecule has 0 aliphatic carbocycles. The molecule has 0 saturated carbocycles. The highest BCUT2D eigenvalue weighted by atomic mass is 19.4. The molecular formula is C8H14F3NO. The van der Waals surface area contributed by atoms with Crippen LogP contribution in [-0.2, 0) is 4.79 Å². The lowest BCUT2D eigenvalue weighted by atomic mass is 9.98. The molecule has 0 fully saturated rings. The quantitative estimate of drug-likeness (QED) is 0.737. The van der Waals surface area contributed by atoms with E-state index in [4.69, 9.17) is 0 Å². The van der Waals surface area contributed by atoms with E-state index in [0.29, 0.717) is 0 Å². The highest BCUT2D eigenvalue weighted by molar-refractivity contribution is 5.73. The van der Waals surface area contributed by atoms with Gasteiger partial charge in [0.15, 0.2) is 0 Å². The summed E-state index contributed by atoms with van der Waals surface area (Å²) in [4.78, 5) is 10.5. The predicted molar refractivity (Wildman–Crippen MR) is 43.1 cm³/mol. The molecule has 1 N–H and O–H groups in total. The molecular weight excluding hydrogens is 183 g/mol. The Morgan fingerprint density at radius 1 is 1.46 bits per heavy atom. The van der Waals surface area contributed by atoms with Gasteiger partial charge in [-0.2, -0.15) is 13.2 Å². The fourth-order valence-corrected chi connectivity index (χ4v) is 1.29. The van der Waals surface area contributed by atoms with Crippen LogP contribution in [-0.4, -0.2) is 18.1 Å². The second-order valence-electron chi connectivity index (χ2n) is 3.05. The molecule has 0 radical (unpaired) electrons. The Morgan fingerprint density at radius 2 is 1.92 bits per heavy atom. The van der Waals surface area contributed by atoms with Gasteiger partial charge in [-0.05, 0) is 13.3 Å². The molecule has 0 rings (SSSR count). The van der Waals surface area contributed by atoms with E-state index in [1.54, 1.807) is 0 Å². The van der Waals surface area contributed by atoms with E-state index in [1.165, 1.54) is 20.8 Å². The summed E-state index contributed by atoms with van der Waals surface area (Å²) >= 11 is 0. The van der Waals surface area contributed by atoms with E-state index in [0.717, 1.165) is 0 Å². The Kier molecular flexibility index (Phi) is 4.23. The van der Waals surface area contributed by atoms with Crippen LogP contribution in [0.2, 0.25) is 0 Å². The average molecular weight is 197 g/mol. The van der Waals surface area contributed by atoms with Crippen LogP contribution in [0.15, 0.2) is 0 Å². The molecule has 0 aromatic rings. The Labute approximate surface area is 75.5 Å². The number of nitrogens with one attached hydrogen (secondary N) is 1. The first-order valence-corrected chi connectivity index (χ1v) is 4.12. The number of carbonyl (C=O) groups excluding carboxylic acids is 1. The molecule has 0 aromatic carbocycles. The number of halogens is 3. The highest BCUT2D eigenvalue weighted by Crippen LogP contribution is 2.31. The first-order valence-electron chi connectivity index (χ1n) is 4.12. The van der Waals surface area contributed by atoms with Crippen LogP contribution in [0.3, 0.4) is 0 Å². The van der Waals surface area contributed by atoms with Crippen molar-refractivity contribution in [2.45, 2.75) is 39.4 Å². The highest BCUT2D eigenvalue weighted by Gasteiger charge is 2.41. The van der Waals surface area contributed by atoms with Crippen molar-refractivity contribution in [1.29, 1.82) is 0 Å². The Bertz CT molecular complexity index is 179. The van der Waals surface area contributed by atoms with Crippen molar-refractivity contribution in [1.82, 2.24) is 5.32 Å². The van der Waals surface area contributed by atoms with Crippen molar-refractivity contribution in [2.75, 3.05) is 0 Å². The Balaban J connectivity index is 4.32. The summed E-state index contributed by atoms with van der Waals surface area (Å²) in [7, 11) is 0. The van der Waals surface area contributed by atoms with Gasteiger partial charge in [-0.15, -0.1) is 0 Å². The zero-order valence-corrected chi connectivity index (χ0v) is 7.90. The van der Waals surface area contributed by atoms with Gasteiger partial charge in [-0.1, -0.05) is 6.92 Å². The molecule has 2 unspecified atom stereocenters. The lowest BCUT2D eigenvalue weighted by Crippen LogP contribution is -2.43. The van der Waals surface area contributed by atoms with Crippen LogP contribution in [0.25, 0.3) is 0 Å². The molecule has 2 nitrogen and oxygen atoms in total. The largest absolute Gasteiger partial charge is 0.393 e. The molecule has 0 aliphatic heterocycles. The van der Waals surface area contributed by atoms with Crippen molar-refractivity contribution in [3.8, 4) is 0 Å². The van der Waals surface area contributed by atoms with E-state index in [2.05, 4.69) is 5.32 Å². The van der Waals surface area contributed by atoms with Crippen molar-refractivity contribution in [3.63, 3.8) is 0 Å². The van der Waals surface area contributed by atoms with Gasteiger partial charge in [0.1, 0.15) is 0 Å². The molecule has 2 atom stereocenters. The zero-order chi connectivity index (χ0) is 10.6. The molecule has 0 aromatic heterocycles. The minimum atomic E-state index is -4.24. The fourth-order valence-electron chi connectivity index (χ4n) is 1.29. The maximum atomic E-state index is 12.3. The van der Waals surface area contributed by atoms with Gasteiger partial charge in [0.05, 0.1) is 5.92 Å². The first kappa shape index (κ1) is 12.3. The topological polar surface area (TPSA) is 29.1 Å². The second-order valence-corrected chi connectivity index (χ2v) is 3.05. The summed E-state index contributed by atoms with van der Waals surface area (Å²) < 4.78 is 36.8. The van der Waals surface area contributed by atoms with Crippen LogP contribution >= 0.6 is 0 Å². The van der Waals surface area contributed by atoms with Gasteiger partial charge in [0, 0.05) is 13.0 Å². The lowest BCUT2D eigenvalue weighted by Gasteiger charge is -2.25. The van der Waals surface area contributed by atoms with Crippen molar-refractivity contribution >= 4 is 5.91 Å². The van der Waals surface area contributed by atoms with Gasteiger partial charge in [-0.25, -0.2) is 0 Å². The third-order valence-electron chi connectivity index (χ3n) is 1.89. The molecule has 0 spiro atoms. The summed E-state index contributed by atoms with van der Waals surface area (Å²) in [5.74, 6) is -1.90. The minimum Gasteiger partial charge on any atom is -0.353 e. The Morgan fingerprint density at radius 3 is 2.15 bits per heavy atom. The monoisotopic (exact) mass is 197 g/mol. The number of rotatable bonds is 3. The molecule has 0 bridgehead atoms. The second kappa shape index (κ2) is 4.48. The summed E-state index contributed by atoms with van der Waals surface area (Å²) in [5.41, 5.74) is 0.